The van der Waals surface area contributed by atoms with Gasteiger partial charge in [0.2, 0.25) is 5.91 Å². The summed E-state index contributed by atoms with van der Waals surface area (Å²) in [6, 6.07) is 9.85. The van der Waals surface area contributed by atoms with E-state index in [1.54, 1.807) is 0 Å². The Morgan fingerprint density at radius 2 is 1.90 bits per heavy atom. The zero-order valence-electron chi connectivity index (χ0n) is 17.9. The summed E-state index contributed by atoms with van der Waals surface area (Å²) in [6.45, 7) is 6.87. The van der Waals surface area contributed by atoms with Crippen LogP contribution in [0.5, 0.6) is 0 Å². The third-order valence-electron chi connectivity index (χ3n) is 5.57. The van der Waals surface area contributed by atoms with Crippen molar-refractivity contribution in [3.05, 3.63) is 46.2 Å². The number of carbonyl (C=O) groups excluding carboxylic acids is 2. The molecule has 5 nitrogen and oxygen atoms in total. The molecule has 2 aromatic rings. The van der Waals surface area contributed by atoms with Crippen molar-refractivity contribution in [1.29, 1.82) is 0 Å². The third kappa shape index (κ3) is 5.18. The summed E-state index contributed by atoms with van der Waals surface area (Å²) < 4.78 is 0. The van der Waals surface area contributed by atoms with Crippen LogP contribution in [0.4, 0.5) is 11.4 Å². The van der Waals surface area contributed by atoms with E-state index in [4.69, 9.17) is 0 Å². The van der Waals surface area contributed by atoms with Gasteiger partial charge in [0.15, 0.2) is 0 Å². The van der Waals surface area contributed by atoms with Gasteiger partial charge in [-0.2, -0.15) is 0 Å². The van der Waals surface area contributed by atoms with Gasteiger partial charge in [0.05, 0.1) is 4.88 Å². The molecule has 156 valence electrons. The number of nitrogens with zero attached hydrogens (tertiary/aromatic N) is 2. The first-order valence-electron chi connectivity index (χ1n) is 10.2. The highest BCUT2D eigenvalue weighted by atomic mass is 32.1. The predicted molar refractivity (Wildman–Crippen MR) is 121 cm³/mol. The van der Waals surface area contributed by atoms with Gasteiger partial charge in [0.1, 0.15) is 0 Å². The van der Waals surface area contributed by atoms with E-state index in [2.05, 4.69) is 31.0 Å². The summed E-state index contributed by atoms with van der Waals surface area (Å²) in [5.41, 5.74) is 2.87. The van der Waals surface area contributed by atoms with Crippen LogP contribution < -0.4 is 10.2 Å². The molecule has 0 radical (unpaired) electrons. The molecule has 0 aliphatic heterocycles. The molecule has 29 heavy (non-hydrogen) atoms. The second kappa shape index (κ2) is 8.99. The molecular formula is C23H31N3O2S. The van der Waals surface area contributed by atoms with E-state index in [0.29, 0.717) is 12.5 Å². The highest BCUT2D eigenvalue weighted by Gasteiger charge is 2.30. The molecule has 1 heterocycles. The van der Waals surface area contributed by atoms with Crippen LogP contribution in [0.25, 0.3) is 0 Å². The van der Waals surface area contributed by atoms with Gasteiger partial charge in [0.25, 0.3) is 5.91 Å². The number of nitrogens with one attached hydrogen (secondary N) is 1. The second-order valence-corrected chi connectivity index (χ2v) is 9.34. The van der Waals surface area contributed by atoms with E-state index in [1.165, 1.54) is 11.3 Å². The van der Waals surface area contributed by atoms with Crippen LogP contribution in [0.1, 0.15) is 48.8 Å². The molecule has 0 unspecified atom stereocenters. The van der Waals surface area contributed by atoms with E-state index in [-0.39, 0.29) is 23.8 Å². The summed E-state index contributed by atoms with van der Waals surface area (Å²) in [6.07, 6.45) is 1.95. The summed E-state index contributed by atoms with van der Waals surface area (Å²) in [7, 11) is 4.00. The molecular weight excluding hydrogens is 382 g/mol. The van der Waals surface area contributed by atoms with Gasteiger partial charge < -0.3 is 15.1 Å². The number of benzene rings is 1. The quantitative estimate of drug-likeness (QED) is 0.673. The summed E-state index contributed by atoms with van der Waals surface area (Å²) in [4.78, 5) is 30.2. The fraction of sp³-hybridized carbons (Fsp3) is 0.478. The van der Waals surface area contributed by atoms with Crippen molar-refractivity contribution in [2.45, 2.75) is 46.2 Å². The van der Waals surface area contributed by atoms with Gasteiger partial charge in [0, 0.05) is 44.0 Å². The smallest absolute Gasteiger partial charge is 0.264 e. The maximum absolute atomic E-state index is 13.3. The van der Waals surface area contributed by atoms with Crippen molar-refractivity contribution < 1.29 is 9.59 Å². The van der Waals surface area contributed by atoms with Gasteiger partial charge in [-0.25, -0.2) is 0 Å². The van der Waals surface area contributed by atoms with E-state index in [1.807, 2.05) is 54.7 Å². The van der Waals surface area contributed by atoms with Crippen LogP contribution >= 0.6 is 11.3 Å². The van der Waals surface area contributed by atoms with Gasteiger partial charge in [-0.15, -0.1) is 11.3 Å². The van der Waals surface area contributed by atoms with Gasteiger partial charge in [-0.3, -0.25) is 9.59 Å². The van der Waals surface area contributed by atoms with Crippen LogP contribution in [-0.2, 0) is 11.3 Å². The normalized spacial score (nSPS) is 14.6. The number of amides is 2. The zero-order chi connectivity index (χ0) is 21.1. The van der Waals surface area contributed by atoms with Crippen LogP contribution in [0.15, 0.2) is 35.7 Å². The minimum Gasteiger partial charge on any atom is -0.377 e. The molecule has 6 heteroatoms. The lowest BCUT2D eigenvalue weighted by molar-refractivity contribution is -0.117. The monoisotopic (exact) mass is 413 g/mol. The Labute approximate surface area is 177 Å². The highest BCUT2D eigenvalue weighted by molar-refractivity contribution is 7.12. The van der Waals surface area contributed by atoms with Crippen LogP contribution in [0, 0.1) is 11.8 Å². The standard InChI is InChI=1S/C23H31N3O2S/c1-15(2)16(3)26(23(28)21-7-6-12-29-21)14-18-13-19(10-11-20(18)25(4)5)24-22(27)17-8-9-17/h6-7,10-13,15-17H,8-9,14H2,1-5H3,(H,24,27)/t16-/m0/s1. The molecule has 1 aromatic carbocycles. The molecule has 1 fully saturated rings. The number of thiophene rings is 1. The molecule has 1 atom stereocenters. The number of hydrogen-bond donors (Lipinski definition) is 1. The first-order valence-corrected chi connectivity index (χ1v) is 11.1. The topological polar surface area (TPSA) is 52.7 Å². The molecule has 1 aliphatic rings. The van der Waals surface area contributed by atoms with Crippen molar-refractivity contribution in [2.75, 3.05) is 24.3 Å². The molecule has 2 amide bonds. The Morgan fingerprint density at radius 3 is 2.45 bits per heavy atom. The summed E-state index contributed by atoms with van der Waals surface area (Å²) in [5.74, 6) is 0.637. The first kappa shape index (κ1) is 21.4. The van der Waals surface area contributed by atoms with Gasteiger partial charge in [-0.1, -0.05) is 19.9 Å². The van der Waals surface area contributed by atoms with Crippen molar-refractivity contribution in [2.24, 2.45) is 11.8 Å². The molecule has 1 N–H and O–H groups in total. The van der Waals surface area contributed by atoms with Crippen molar-refractivity contribution in [3.63, 3.8) is 0 Å². The largest absolute Gasteiger partial charge is 0.377 e. The molecule has 0 spiro atoms. The number of anilines is 2. The fourth-order valence-electron chi connectivity index (χ4n) is 3.30. The number of carbonyl (C=O) groups is 2. The van der Waals surface area contributed by atoms with E-state index < -0.39 is 0 Å². The minimum absolute atomic E-state index is 0.0540. The maximum Gasteiger partial charge on any atom is 0.264 e. The maximum atomic E-state index is 13.3. The molecule has 1 saturated carbocycles. The SMILES string of the molecule is CC(C)[C@H](C)N(Cc1cc(NC(=O)C2CC2)ccc1N(C)C)C(=O)c1cccs1. The molecule has 3 rings (SSSR count). The average molecular weight is 414 g/mol. The molecule has 1 aromatic heterocycles. The Kier molecular flexibility index (Phi) is 6.63. The van der Waals surface area contributed by atoms with Crippen molar-refractivity contribution in [3.8, 4) is 0 Å². The predicted octanol–water partition coefficient (Wildman–Crippen LogP) is 4.85. The molecule has 1 aliphatic carbocycles. The Balaban J connectivity index is 1.91. The molecule has 0 saturated heterocycles. The number of rotatable bonds is 8. The van der Waals surface area contributed by atoms with Crippen LogP contribution in [0.2, 0.25) is 0 Å². The fourth-order valence-corrected chi connectivity index (χ4v) is 3.98. The summed E-state index contributed by atoms with van der Waals surface area (Å²) in [5, 5.41) is 4.97. The minimum atomic E-state index is 0.0540. The van der Waals surface area contributed by atoms with Crippen molar-refractivity contribution in [1.82, 2.24) is 4.90 Å². The third-order valence-corrected chi connectivity index (χ3v) is 6.42. The zero-order valence-corrected chi connectivity index (χ0v) is 18.8. The Hall–Kier alpha value is -2.34. The Morgan fingerprint density at radius 1 is 1.17 bits per heavy atom. The van der Waals surface area contributed by atoms with E-state index >= 15 is 0 Å². The van der Waals surface area contributed by atoms with Gasteiger partial charge in [-0.05, 0) is 60.9 Å². The van der Waals surface area contributed by atoms with Gasteiger partial charge >= 0.3 is 0 Å². The second-order valence-electron chi connectivity index (χ2n) is 8.40. The van der Waals surface area contributed by atoms with E-state index in [0.717, 1.165) is 34.7 Å². The van der Waals surface area contributed by atoms with E-state index in [9.17, 15) is 9.59 Å². The average Bonchev–Trinajstić information content (AvgIpc) is 3.39. The Bertz CT molecular complexity index is 857. The van der Waals surface area contributed by atoms with Crippen molar-refractivity contribution >= 4 is 34.5 Å². The highest BCUT2D eigenvalue weighted by Crippen LogP contribution is 2.32. The lowest BCUT2D eigenvalue weighted by Crippen LogP contribution is -2.41. The molecule has 0 bridgehead atoms. The lowest BCUT2D eigenvalue weighted by atomic mass is 10.0. The first-order chi connectivity index (χ1) is 13.8. The number of hydrogen-bond acceptors (Lipinski definition) is 4. The van der Waals surface area contributed by atoms with Crippen LogP contribution in [-0.4, -0.2) is 36.9 Å². The van der Waals surface area contributed by atoms with Crippen LogP contribution in [0.3, 0.4) is 0 Å². The lowest BCUT2D eigenvalue weighted by Gasteiger charge is -2.33. The summed E-state index contributed by atoms with van der Waals surface area (Å²) >= 11 is 1.47.